The third-order valence-electron chi connectivity index (χ3n) is 3.00. The van der Waals surface area contributed by atoms with Crippen LogP contribution in [0.15, 0.2) is 30.3 Å². The molecular formula is C15H24N2O2. The molecule has 0 fully saturated rings. The highest BCUT2D eigenvalue weighted by atomic mass is 16.5. The minimum atomic E-state index is -0.428. The van der Waals surface area contributed by atoms with Crippen molar-refractivity contribution in [3.05, 3.63) is 35.9 Å². The lowest BCUT2D eigenvalue weighted by Gasteiger charge is -2.12. The predicted octanol–water partition coefficient (Wildman–Crippen LogP) is 1.49. The standard InChI is InChI=1S/C15H24N2O2/c1-19-12-6-5-11-17-15(18)14(16)10-9-13-7-3-2-4-8-13/h2-4,7-8,14H,5-6,9-12,16H2,1H3,(H,17,18). The van der Waals surface area contributed by atoms with E-state index < -0.39 is 6.04 Å². The highest BCUT2D eigenvalue weighted by Crippen LogP contribution is 2.04. The number of unbranched alkanes of at least 4 members (excludes halogenated alkanes) is 1. The van der Waals surface area contributed by atoms with Gasteiger partial charge in [-0.1, -0.05) is 30.3 Å². The van der Waals surface area contributed by atoms with Gasteiger partial charge in [-0.15, -0.1) is 0 Å². The Labute approximate surface area is 115 Å². The molecule has 0 saturated heterocycles. The Morgan fingerprint density at radius 2 is 2.05 bits per heavy atom. The van der Waals surface area contributed by atoms with E-state index in [9.17, 15) is 4.79 Å². The Hall–Kier alpha value is -1.39. The van der Waals surface area contributed by atoms with Crippen LogP contribution in [0, 0.1) is 0 Å². The van der Waals surface area contributed by atoms with E-state index in [1.54, 1.807) is 7.11 Å². The second-order valence-corrected chi connectivity index (χ2v) is 4.62. The zero-order valence-corrected chi connectivity index (χ0v) is 11.6. The Kier molecular flexibility index (Phi) is 7.86. The summed E-state index contributed by atoms with van der Waals surface area (Å²) in [7, 11) is 1.68. The first-order valence-electron chi connectivity index (χ1n) is 6.80. The molecule has 1 atom stereocenters. The first-order valence-corrected chi connectivity index (χ1v) is 6.80. The molecule has 0 saturated carbocycles. The van der Waals surface area contributed by atoms with Gasteiger partial charge in [-0.05, 0) is 31.2 Å². The number of ether oxygens (including phenoxy) is 1. The second-order valence-electron chi connectivity index (χ2n) is 4.62. The Morgan fingerprint density at radius 1 is 1.32 bits per heavy atom. The number of aryl methyl sites for hydroxylation is 1. The Balaban J connectivity index is 2.14. The number of carbonyl (C=O) groups is 1. The van der Waals surface area contributed by atoms with Crippen LogP contribution in [0.25, 0.3) is 0 Å². The van der Waals surface area contributed by atoms with Crippen LogP contribution < -0.4 is 11.1 Å². The molecule has 106 valence electrons. The number of nitrogens with one attached hydrogen (secondary N) is 1. The maximum atomic E-state index is 11.7. The van der Waals surface area contributed by atoms with Gasteiger partial charge in [0.15, 0.2) is 0 Å². The van der Waals surface area contributed by atoms with Crippen molar-refractivity contribution in [3.8, 4) is 0 Å². The summed E-state index contributed by atoms with van der Waals surface area (Å²) in [5, 5.41) is 2.86. The summed E-state index contributed by atoms with van der Waals surface area (Å²) in [5.41, 5.74) is 7.08. The summed E-state index contributed by atoms with van der Waals surface area (Å²) in [6.45, 7) is 1.40. The average molecular weight is 264 g/mol. The van der Waals surface area contributed by atoms with E-state index in [0.29, 0.717) is 13.0 Å². The first kappa shape index (κ1) is 15.7. The molecule has 3 N–H and O–H groups in total. The fourth-order valence-electron chi connectivity index (χ4n) is 1.81. The van der Waals surface area contributed by atoms with Crippen LogP contribution in [-0.4, -0.2) is 32.2 Å². The van der Waals surface area contributed by atoms with Gasteiger partial charge in [-0.2, -0.15) is 0 Å². The third kappa shape index (κ3) is 6.94. The van der Waals surface area contributed by atoms with E-state index in [1.807, 2.05) is 18.2 Å². The lowest BCUT2D eigenvalue weighted by atomic mass is 10.1. The molecule has 1 amide bonds. The van der Waals surface area contributed by atoms with Gasteiger partial charge in [0.05, 0.1) is 6.04 Å². The van der Waals surface area contributed by atoms with Crippen molar-refractivity contribution < 1.29 is 9.53 Å². The van der Waals surface area contributed by atoms with Crippen LogP contribution >= 0.6 is 0 Å². The molecular weight excluding hydrogens is 240 g/mol. The first-order chi connectivity index (χ1) is 9.24. The van der Waals surface area contributed by atoms with E-state index in [2.05, 4.69) is 17.4 Å². The molecule has 4 heteroatoms. The van der Waals surface area contributed by atoms with Crippen molar-refractivity contribution in [2.24, 2.45) is 5.73 Å². The van der Waals surface area contributed by atoms with Gasteiger partial charge in [0.2, 0.25) is 5.91 Å². The van der Waals surface area contributed by atoms with Crippen LogP contribution in [0.5, 0.6) is 0 Å². The molecule has 19 heavy (non-hydrogen) atoms. The van der Waals surface area contributed by atoms with Crippen molar-refractivity contribution in [1.29, 1.82) is 0 Å². The van der Waals surface area contributed by atoms with Crippen LogP contribution in [0.4, 0.5) is 0 Å². The van der Waals surface area contributed by atoms with Crippen molar-refractivity contribution >= 4 is 5.91 Å². The average Bonchev–Trinajstić information content (AvgIpc) is 2.45. The number of nitrogens with two attached hydrogens (primary N) is 1. The molecule has 0 aromatic heterocycles. The number of hydrogen-bond donors (Lipinski definition) is 2. The van der Waals surface area contributed by atoms with Gasteiger partial charge >= 0.3 is 0 Å². The fourth-order valence-corrected chi connectivity index (χ4v) is 1.81. The summed E-state index contributed by atoms with van der Waals surface area (Å²) >= 11 is 0. The Bertz CT molecular complexity index is 354. The van der Waals surface area contributed by atoms with Crippen LogP contribution in [-0.2, 0) is 16.0 Å². The van der Waals surface area contributed by atoms with Crippen LogP contribution in [0.2, 0.25) is 0 Å². The van der Waals surface area contributed by atoms with Gasteiger partial charge in [-0.3, -0.25) is 4.79 Å². The molecule has 0 aliphatic rings. The minimum Gasteiger partial charge on any atom is -0.385 e. The third-order valence-corrected chi connectivity index (χ3v) is 3.00. The quantitative estimate of drug-likeness (QED) is 0.664. The molecule has 0 aliphatic carbocycles. The van der Waals surface area contributed by atoms with Crippen molar-refractivity contribution in [2.75, 3.05) is 20.3 Å². The van der Waals surface area contributed by atoms with E-state index >= 15 is 0 Å². The monoisotopic (exact) mass is 264 g/mol. The molecule has 1 aromatic rings. The summed E-state index contributed by atoms with van der Waals surface area (Å²) in [4.78, 5) is 11.7. The number of benzene rings is 1. The second kappa shape index (κ2) is 9.53. The summed E-state index contributed by atoms with van der Waals surface area (Å²) in [6.07, 6.45) is 3.38. The number of rotatable bonds is 9. The zero-order chi connectivity index (χ0) is 13.9. The molecule has 1 unspecified atom stereocenters. The normalized spacial score (nSPS) is 12.1. The lowest BCUT2D eigenvalue weighted by Crippen LogP contribution is -2.41. The van der Waals surface area contributed by atoms with Gasteiger partial charge in [-0.25, -0.2) is 0 Å². The molecule has 0 bridgehead atoms. The molecule has 1 aromatic carbocycles. The smallest absolute Gasteiger partial charge is 0.236 e. The number of methoxy groups -OCH3 is 1. The maximum absolute atomic E-state index is 11.7. The molecule has 0 radical (unpaired) electrons. The maximum Gasteiger partial charge on any atom is 0.236 e. The van der Waals surface area contributed by atoms with Gasteiger partial charge in [0.1, 0.15) is 0 Å². The highest BCUT2D eigenvalue weighted by molar-refractivity contribution is 5.81. The van der Waals surface area contributed by atoms with E-state index in [4.69, 9.17) is 10.5 Å². The van der Waals surface area contributed by atoms with Crippen molar-refractivity contribution in [1.82, 2.24) is 5.32 Å². The molecule has 1 rings (SSSR count). The van der Waals surface area contributed by atoms with Gasteiger partial charge < -0.3 is 15.8 Å². The molecule has 0 aliphatic heterocycles. The van der Waals surface area contributed by atoms with Gasteiger partial charge in [0.25, 0.3) is 0 Å². The number of carbonyl (C=O) groups excluding carboxylic acids is 1. The topological polar surface area (TPSA) is 64.3 Å². The highest BCUT2D eigenvalue weighted by Gasteiger charge is 2.12. The minimum absolute atomic E-state index is 0.0617. The van der Waals surface area contributed by atoms with Crippen LogP contribution in [0.3, 0.4) is 0 Å². The van der Waals surface area contributed by atoms with E-state index in [0.717, 1.165) is 25.9 Å². The largest absolute Gasteiger partial charge is 0.385 e. The number of hydrogen-bond acceptors (Lipinski definition) is 3. The van der Waals surface area contributed by atoms with E-state index in [-0.39, 0.29) is 5.91 Å². The molecule has 4 nitrogen and oxygen atoms in total. The van der Waals surface area contributed by atoms with Crippen molar-refractivity contribution in [3.63, 3.8) is 0 Å². The SMILES string of the molecule is COCCCCNC(=O)C(N)CCc1ccccc1. The van der Waals surface area contributed by atoms with Crippen molar-refractivity contribution in [2.45, 2.75) is 31.7 Å². The zero-order valence-electron chi connectivity index (χ0n) is 11.6. The fraction of sp³-hybridized carbons (Fsp3) is 0.533. The van der Waals surface area contributed by atoms with E-state index in [1.165, 1.54) is 5.56 Å². The van der Waals surface area contributed by atoms with Gasteiger partial charge in [0, 0.05) is 20.3 Å². The predicted molar refractivity (Wildman–Crippen MR) is 76.9 cm³/mol. The lowest BCUT2D eigenvalue weighted by molar-refractivity contribution is -0.122. The summed E-state index contributed by atoms with van der Waals surface area (Å²) in [6, 6.07) is 9.65. The molecule has 0 spiro atoms. The van der Waals surface area contributed by atoms with Crippen LogP contribution in [0.1, 0.15) is 24.8 Å². The Morgan fingerprint density at radius 3 is 2.74 bits per heavy atom. The molecule has 0 heterocycles. The summed E-state index contributed by atoms with van der Waals surface area (Å²) < 4.78 is 4.95. The number of amides is 1. The summed E-state index contributed by atoms with van der Waals surface area (Å²) in [5.74, 6) is -0.0617.